The van der Waals surface area contributed by atoms with Gasteiger partial charge >= 0.3 is 5.97 Å². The Balaban J connectivity index is 3.03. The molecule has 5 heteroatoms. The summed E-state index contributed by atoms with van der Waals surface area (Å²) in [4.78, 5) is 10.8. The van der Waals surface area contributed by atoms with Crippen LogP contribution in [0.4, 0.5) is 4.39 Å². The predicted molar refractivity (Wildman–Crippen MR) is 34.5 cm³/mol. The Labute approximate surface area is 62.6 Å². The Morgan fingerprint density at radius 1 is 1.82 bits per heavy atom. The SMILES string of the molecule is COC(=O)c1cc(F)nn1C. The molecule has 0 bridgehead atoms. The molecular formula is C6H7FN2O2. The Hall–Kier alpha value is -1.39. The van der Waals surface area contributed by atoms with E-state index in [2.05, 4.69) is 9.84 Å². The monoisotopic (exact) mass is 158 g/mol. The highest BCUT2D eigenvalue weighted by Gasteiger charge is 2.12. The number of hydrogen-bond acceptors (Lipinski definition) is 3. The first-order valence-corrected chi connectivity index (χ1v) is 2.93. The number of carbonyl (C=O) groups is 1. The minimum atomic E-state index is -0.687. The van der Waals surface area contributed by atoms with Crippen molar-refractivity contribution in [2.24, 2.45) is 7.05 Å². The van der Waals surface area contributed by atoms with E-state index in [-0.39, 0.29) is 5.69 Å². The van der Waals surface area contributed by atoms with Crippen LogP contribution in [-0.4, -0.2) is 22.9 Å². The average molecular weight is 158 g/mol. The van der Waals surface area contributed by atoms with Crippen LogP contribution in [0.5, 0.6) is 0 Å². The second-order valence-electron chi connectivity index (χ2n) is 1.97. The van der Waals surface area contributed by atoms with E-state index in [1.807, 2.05) is 0 Å². The van der Waals surface area contributed by atoms with E-state index in [0.717, 1.165) is 10.7 Å². The number of carbonyl (C=O) groups excluding carboxylic acids is 1. The molecule has 0 radical (unpaired) electrons. The van der Waals surface area contributed by atoms with E-state index in [4.69, 9.17) is 0 Å². The molecule has 0 atom stereocenters. The van der Waals surface area contributed by atoms with Crippen molar-refractivity contribution in [3.05, 3.63) is 17.7 Å². The van der Waals surface area contributed by atoms with E-state index in [9.17, 15) is 9.18 Å². The minimum absolute atomic E-state index is 0.102. The van der Waals surface area contributed by atoms with Gasteiger partial charge in [-0.3, -0.25) is 4.68 Å². The van der Waals surface area contributed by atoms with E-state index < -0.39 is 11.9 Å². The molecule has 60 valence electrons. The summed E-state index contributed by atoms with van der Waals surface area (Å²) >= 11 is 0. The van der Waals surface area contributed by atoms with E-state index in [1.165, 1.54) is 14.2 Å². The highest BCUT2D eigenvalue weighted by Crippen LogP contribution is 2.01. The fourth-order valence-corrected chi connectivity index (χ4v) is 0.728. The van der Waals surface area contributed by atoms with Crippen molar-refractivity contribution < 1.29 is 13.9 Å². The zero-order valence-corrected chi connectivity index (χ0v) is 6.17. The van der Waals surface area contributed by atoms with Crippen molar-refractivity contribution in [1.29, 1.82) is 0 Å². The summed E-state index contributed by atoms with van der Waals surface area (Å²) in [6.45, 7) is 0. The Morgan fingerprint density at radius 2 is 2.45 bits per heavy atom. The number of hydrogen-bond donors (Lipinski definition) is 0. The minimum Gasteiger partial charge on any atom is -0.464 e. The van der Waals surface area contributed by atoms with E-state index >= 15 is 0 Å². The van der Waals surface area contributed by atoms with Crippen molar-refractivity contribution in [2.75, 3.05) is 7.11 Å². The number of esters is 1. The van der Waals surface area contributed by atoms with Gasteiger partial charge in [-0.25, -0.2) is 4.79 Å². The normalized spacial score (nSPS) is 9.73. The van der Waals surface area contributed by atoms with Gasteiger partial charge in [-0.2, -0.15) is 4.39 Å². The number of aromatic nitrogens is 2. The van der Waals surface area contributed by atoms with Gasteiger partial charge in [-0.15, -0.1) is 5.10 Å². The lowest BCUT2D eigenvalue weighted by molar-refractivity contribution is 0.0588. The van der Waals surface area contributed by atoms with Gasteiger partial charge in [0.05, 0.1) is 7.11 Å². The third kappa shape index (κ3) is 1.36. The third-order valence-electron chi connectivity index (χ3n) is 1.24. The molecule has 0 aliphatic heterocycles. The van der Waals surface area contributed by atoms with Crippen LogP contribution in [0, 0.1) is 5.95 Å². The van der Waals surface area contributed by atoms with Gasteiger partial charge in [0.15, 0.2) is 0 Å². The van der Waals surface area contributed by atoms with E-state index in [1.54, 1.807) is 0 Å². The van der Waals surface area contributed by atoms with Gasteiger partial charge in [0.25, 0.3) is 0 Å². The second kappa shape index (κ2) is 2.69. The first kappa shape index (κ1) is 7.71. The molecule has 11 heavy (non-hydrogen) atoms. The molecule has 0 aliphatic rings. The fourth-order valence-electron chi connectivity index (χ4n) is 0.728. The fraction of sp³-hybridized carbons (Fsp3) is 0.333. The summed E-state index contributed by atoms with van der Waals surface area (Å²) < 4.78 is 17.8. The van der Waals surface area contributed by atoms with Crippen molar-refractivity contribution >= 4 is 5.97 Å². The molecule has 0 saturated heterocycles. The zero-order chi connectivity index (χ0) is 8.43. The zero-order valence-electron chi connectivity index (χ0n) is 6.17. The number of aryl methyl sites for hydroxylation is 1. The van der Waals surface area contributed by atoms with Crippen LogP contribution in [0.2, 0.25) is 0 Å². The Bertz CT molecular complexity index is 282. The Morgan fingerprint density at radius 3 is 2.82 bits per heavy atom. The van der Waals surface area contributed by atoms with Crippen LogP contribution >= 0.6 is 0 Å². The first-order valence-electron chi connectivity index (χ1n) is 2.93. The largest absolute Gasteiger partial charge is 0.464 e. The molecule has 0 aromatic carbocycles. The van der Waals surface area contributed by atoms with Gasteiger partial charge in [0.1, 0.15) is 5.69 Å². The molecule has 0 N–H and O–H groups in total. The van der Waals surface area contributed by atoms with Crippen LogP contribution in [0.15, 0.2) is 6.07 Å². The number of methoxy groups -OCH3 is 1. The van der Waals surface area contributed by atoms with Crippen molar-refractivity contribution in [3.63, 3.8) is 0 Å². The van der Waals surface area contributed by atoms with Crippen LogP contribution in [0.1, 0.15) is 10.5 Å². The third-order valence-corrected chi connectivity index (χ3v) is 1.24. The Kier molecular flexibility index (Phi) is 1.89. The van der Waals surface area contributed by atoms with Crippen LogP contribution in [0.25, 0.3) is 0 Å². The van der Waals surface area contributed by atoms with Crippen molar-refractivity contribution in [1.82, 2.24) is 9.78 Å². The van der Waals surface area contributed by atoms with Crippen molar-refractivity contribution in [2.45, 2.75) is 0 Å². The molecule has 0 fully saturated rings. The first-order chi connectivity index (χ1) is 5.15. The quantitative estimate of drug-likeness (QED) is 0.554. The maximum Gasteiger partial charge on any atom is 0.356 e. The number of halogens is 1. The van der Waals surface area contributed by atoms with Crippen LogP contribution in [-0.2, 0) is 11.8 Å². The predicted octanol–water partition coefficient (Wildman–Crippen LogP) is 0.346. The molecule has 1 rings (SSSR count). The summed E-state index contributed by atoms with van der Waals surface area (Å²) in [5.74, 6) is -1.28. The van der Waals surface area contributed by atoms with Gasteiger partial charge in [0, 0.05) is 13.1 Å². The van der Waals surface area contributed by atoms with Crippen molar-refractivity contribution in [3.8, 4) is 0 Å². The molecule has 4 nitrogen and oxygen atoms in total. The summed E-state index contributed by atoms with van der Waals surface area (Å²) in [6.07, 6.45) is 0. The smallest absolute Gasteiger partial charge is 0.356 e. The maximum absolute atomic E-state index is 12.3. The summed E-state index contributed by atoms with van der Waals surface area (Å²) in [6, 6.07) is 1.02. The summed E-state index contributed by atoms with van der Waals surface area (Å²) in [5.41, 5.74) is 0.102. The number of rotatable bonds is 1. The molecule has 0 aliphatic carbocycles. The molecule has 1 aromatic heterocycles. The maximum atomic E-state index is 12.3. The summed E-state index contributed by atoms with van der Waals surface area (Å²) in [5, 5.41) is 3.33. The lowest BCUT2D eigenvalue weighted by atomic mass is 10.4. The highest BCUT2D eigenvalue weighted by atomic mass is 19.1. The molecule has 0 amide bonds. The summed E-state index contributed by atoms with van der Waals surface area (Å²) in [7, 11) is 2.70. The average Bonchev–Trinajstić information content (AvgIpc) is 2.28. The van der Waals surface area contributed by atoms with Gasteiger partial charge in [-0.05, 0) is 0 Å². The standard InChI is InChI=1S/C6H7FN2O2/c1-9-4(6(10)11-2)3-5(7)8-9/h3H,1-2H3. The highest BCUT2D eigenvalue weighted by molar-refractivity contribution is 5.87. The van der Waals surface area contributed by atoms with Crippen LogP contribution < -0.4 is 0 Å². The molecule has 1 heterocycles. The van der Waals surface area contributed by atoms with Gasteiger partial charge in [0.2, 0.25) is 5.95 Å². The topological polar surface area (TPSA) is 44.1 Å². The molecular weight excluding hydrogens is 151 g/mol. The lowest BCUT2D eigenvalue weighted by Crippen LogP contribution is -2.07. The lowest BCUT2D eigenvalue weighted by Gasteiger charge is -1.96. The number of nitrogens with zero attached hydrogens (tertiary/aromatic N) is 2. The number of ether oxygens (including phenoxy) is 1. The van der Waals surface area contributed by atoms with E-state index in [0.29, 0.717) is 0 Å². The molecule has 0 unspecified atom stereocenters. The molecule has 0 saturated carbocycles. The second-order valence-corrected chi connectivity index (χ2v) is 1.97. The van der Waals surface area contributed by atoms with Crippen LogP contribution in [0.3, 0.4) is 0 Å². The molecule has 1 aromatic rings. The van der Waals surface area contributed by atoms with Gasteiger partial charge < -0.3 is 4.74 Å². The molecule has 0 spiro atoms. The van der Waals surface area contributed by atoms with Gasteiger partial charge in [-0.1, -0.05) is 0 Å².